The van der Waals surface area contributed by atoms with Crippen LogP contribution >= 0.6 is 0 Å². The van der Waals surface area contributed by atoms with Gasteiger partial charge in [-0.1, -0.05) is 30.3 Å². The number of pyridine rings is 1. The van der Waals surface area contributed by atoms with E-state index in [9.17, 15) is 18.0 Å². The number of alkyl halides is 3. The monoisotopic (exact) mass is 416 g/mol. The van der Waals surface area contributed by atoms with E-state index in [0.29, 0.717) is 35.3 Å². The van der Waals surface area contributed by atoms with Crippen LogP contribution in [0, 0.1) is 5.92 Å². The Morgan fingerprint density at radius 2 is 1.93 bits per heavy atom. The van der Waals surface area contributed by atoms with E-state index in [2.05, 4.69) is 5.10 Å². The minimum Gasteiger partial charge on any atom is -0.338 e. The first-order valence-electron chi connectivity index (χ1n) is 10.1. The van der Waals surface area contributed by atoms with E-state index in [1.807, 2.05) is 44.2 Å². The van der Waals surface area contributed by atoms with Crippen molar-refractivity contribution in [3.05, 3.63) is 48.2 Å². The Balaban J connectivity index is 1.80. The fourth-order valence-electron chi connectivity index (χ4n) is 3.93. The molecule has 0 N–H and O–H groups in total. The van der Waals surface area contributed by atoms with Gasteiger partial charge in [0.1, 0.15) is 0 Å². The van der Waals surface area contributed by atoms with Gasteiger partial charge in [0.15, 0.2) is 5.65 Å². The quantitative estimate of drug-likeness (QED) is 0.597. The molecule has 3 heterocycles. The molecule has 8 heteroatoms. The molecule has 1 aromatic carbocycles. The van der Waals surface area contributed by atoms with Crippen LogP contribution in [0.1, 0.15) is 43.1 Å². The number of amides is 1. The number of nitrogens with zero attached hydrogens (tertiary/aromatic N) is 4. The lowest BCUT2D eigenvalue weighted by Gasteiger charge is -2.34. The number of hydrogen-bond acceptors (Lipinski definition) is 3. The maximum absolute atomic E-state index is 13.3. The summed E-state index contributed by atoms with van der Waals surface area (Å²) in [5, 5.41) is 4.93. The Labute approximate surface area is 172 Å². The van der Waals surface area contributed by atoms with Crippen LogP contribution in [-0.4, -0.2) is 44.8 Å². The Hall–Kier alpha value is -2.90. The van der Waals surface area contributed by atoms with Crippen molar-refractivity contribution in [2.45, 2.75) is 38.9 Å². The first-order chi connectivity index (χ1) is 14.3. The average Bonchev–Trinajstić information content (AvgIpc) is 3.17. The zero-order valence-corrected chi connectivity index (χ0v) is 16.9. The largest absolute Gasteiger partial charge is 0.393 e. The SMILES string of the molecule is CC(C)n1ncc2c(C(=O)N3CCCC(C(F)(F)F)C3)cc(-c3ccccc3)nc21. The van der Waals surface area contributed by atoms with Gasteiger partial charge in [-0.2, -0.15) is 18.3 Å². The van der Waals surface area contributed by atoms with E-state index in [1.54, 1.807) is 16.9 Å². The molecular weight excluding hydrogens is 393 g/mol. The van der Waals surface area contributed by atoms with Crippen molar-refractivity contribution in [3.63, 3.8) is 0 Å². The number of fused-ring (bicyclic) bond motifs is 1. The number of aromatic nitrogens is 3. The second-order valence-electron chi connectivity index (χ2n) is 7.97. The molecule has 1 aliphatic rings. The van der Waals surface area contributed by atoms with Crippen molar-refractivity contribution in [2.75, 3.05) is 13.1 Å². The molecule has 2 aromatic heterocycles. The molecule has 0 aliphatic carbocycles. The van der Waals surface area contributed by atoms with E-state index < -0.39 is 18.0 Å². The Morgan fingerprint density at radius 1 is 1.20 bits per heavy atom. The van der Waals surface area contributed by atoms with Crippen LogP contribution < -0.4 is 0 Å². The van der Waals surface area contributed by atoms with E-state index in [-0.39, 0.29) is 19.0 Å². The van der Waals surface area contributed by atoms with Crippen LogP contribution in [0.3, 0.4) is 0 Å². The second kappa shape index (κ2) is 7.74. The number of rotatable bonds is 3. The normalized spacial score (nSPS) is 17.7. The number of hydrogen-bond donors (Lipinski definition) is 0. The molecule has 1 atom stereocenters. The number of halogens is 3. The topological polar surface area (TPSA) is 51.0 Å². The van der Waals surface area contributed by atoms with Gasteiger partial charge in [-0.15, -0.1) is 0 Å². The lowest BCUT2D eigenvalue weighted by Crippen LogP contribution is -2.44. The van der Waals surface area contributed by atoms with Crippen LogP contribution in [0.4, 0.5) is 13.2 Å². The molecule has 158 valence electrons. The summed E-state index contributed by atoms with van der Waals surface area (Å²) in [6.07, 6.45) is -2.33. The number of carbonyl (C=O) groups is 1. The smallest absolute Gasteiger partial charge is 0.338 e. The first-order valence-corrected chi connectivity index (χ1v) is 10.1. The molecule has 3 aromatic rings. The fourth-order valence-corrected chi connectivity index (χ4v) is 3.93. The summed E-state index contributed by atoms with van der Waals surface area (Å²) in [7, 11) is 0. The molecule has 5 nitrogen and oxygen atoms in total. The molecule has 0 spiro atoms. The van der Waals surface area contributed by atoms with Crippen molar-refractivity contribution in [3.8, 4) is 11.3 Å². The lowest BCUT2D eigenvalue weighted by atomic mass is 9.96. The zero-order chi connectivity index (χ0) is 21.5. The van der Waals surface area contributed by atoms with Crippen LogP contribution in [0.5, 0.6) is 0 Å². The third kappa shape index (κ3) is 3.78. The van der Waals surface area contributed by atoms with Crippen molar-refractivity contribution in [2.24, 2.45) is 5.92 Å². The summed E-state index contributed by atoms with van der Waals surface area (Å²) in [6.45, 7) is 3.92. The highest BCUT2D eigenvalue weighted by Crippen LogP contribution is 2.34. The third-order valence-corrected chi connectivity index (χ3v) is 5.53. The highest BCUT2D eigenvalue weighted by atomic mass is 19.4. The van der Waals surface area contributed by atoms with Crippen molar-refractivity contribution in [1.29, 1.82) is 0 Å². The predicted octanol–water partition coefficient (Wildman–Crippen LogP) is 5.09. The van der Waals surface area contributed by atoms with Crippen LogP contribution in [0.15, 0.2) is 42.6 Å². The van der Waals surface area contributed by atoms with Crippen molar-refractivity contribution < 1.29 is 18.0 Å². The van der Waals surface area contributed by atoms with Gasteiger partial charge in [0.05, 0.1) is 28.8 Å². The van der Waals surface area contributed by atoms with Gasteiger partial charge in [0, 0.05) is 24.7 Å². The summed E-state index contributed by atoms with van der Waals surface area (Å²) in [6, 6.07) is 11.1. The van der Waals surface area contributed by atoms with E-state index in [0.717, 1.165) is 5.56 Å². The van der Waals surface area contributed by atoms with Crippen LogP contribution in [0.2, 0.25) is 0 Å². The highest BCUT2D eigenvalue weighted by Gasteiger charge is 2.43. The summed E-state index contributed by atoms with van der Waals surface area (Å²) < 4.78 is 41.5. The van der Waals surface area contributed by atoms with E-state index >= 15 is 0 Å². The maximum atomic E-state index is 13.3. The number of likely N-dealkylation sites (tertiary alicyclic amines) is 1. The van der Waals surface area contributed by atoms with Crippen LogP contribution in [-0.2, 0) is 0 Å². The zero-order valence-electron chi connectivity index (χ0n) is 16.9. The molecule has 0 bridgehead atoms. The highest BCUT2D eigenvalue weighted by molar-refractivity contribution is 6.06. The summed E-state index contributed by atoms with van der Waals surface area (Å²) >= 11 is 0. The second-order valence-corrected chi connectivity index (χ2v) is 7.97. The minimum absolute atomic E-state index is 0.0218. The van der Waals surface area contributed by atoms with Gasteiger partial charge >= 0.3 is 6.18 Å². The molecule has 1 fully saturated rings. The molecular formula is C22H23F3N4O. The van der Waals surface area contributed by atoms with E-state index in [1.165, 1.54) is 4.90 Å². The summed E-state index contributed by atoms with van der Waals surface area (Å²) in [5.41, 5.74) is 2.32. The molecule has 4 rings (SSSR count). The van der Waals surface area contributed by atoms with Gasteiger partial charge in [-0.3, -0.25) is 4.79 Å². The van der Waals surface area contributed by atoms with Gasteiger partial charge in [-0.25, -0.2) is 9.67 Å². The number of carbonyl (C=O) groups excluding carboxylic acids is 1. The van der Waals surface area contributed by atoms with Crippen LogP contribution in [0.25, 0.3) is 22.3 Å². The third-order valence-electron chi connectivity index (χ3n) is 5.53. The average molecular weight is 416 g/mol. The van der Waals surface area contributed by atoms with Gasteiger partial charge in [0.2, 0.25) is 0 Å². The Morgan fingerprint density at radius 3 is 2.60 bits per heavy atom. The van der Waals surface area contributed by atoms with Gasteiger partial charge < -0.3 is 4.90 Å². The Kier molecular flexibility index (Phi) is 5.26. The lowest BCUT2D eigenvalue weighted by molar-refractivity contribution is -0.184. The maximum Gasteiger partial charge on any atom is 0.393 e. The molecule has 0 saturated carbocycles. The van der Waals surface area contributed by atoms with Crippen molar-refractivity contribution in [1.82, 2.24) is 19.7 Å². The van der Waals surface area contributed by atoms with Crippen molar-refractivity contribution >= 4 is 16.9 Å². The Bertz CT molecular complexity index is 1060. The molecule has 1 aliphatic heterocycles. The van der Waals surface area contributed by atoms with E-state index in [4.69, 9.17) is 4.98 Å². The fraction of sp³-hybridized carbons (Fsp3) is 0.409. The summed E-state index contributed by atoms with van der Waals surface area (Å²) in [4.78, 5) is 19.4. The number of piperidine rings is 1. The molecule has 1 saturated heterocycles. The summed E-state index contributed by atoms with van der Waals surface area (Å²) in [5.74, 6) is -1.89. The molecule has 0 radical (unpaired) electrons. The van der Waals surface area contributed by atoms with Gasteiger partial charge in [-0.05, 0) is 32.8 Å². The molecule has 1 amide bonds. The molecule has 1 unspecified atom stereocenters. The number of benzene rings is 1. The standard InChI is InChI=1S/C22H23F3N4O/c1-14(2)29-20-18(12-26-29)17(11-19(27-20)15-7-4-3-5-8-15)21(30)28-10-6-9-16(13-28)22(23,24)25/h3-5,7-8,11-12,14,16H,6,9-10,13H2,1-2H3. The molecule has 30 heavy (non-hydrogen) atoms. The predicted molar refractivity (Wildman–Crippen MR) is 108 cm³/mol. The first kappa shape index (κ1) is 20.4. The van der Waals surface area contributed by atoms with Gasteiger partial charge in [0.25, 0.3) is 5.91 Å². The minimum atomic E-state index is -4.30.